The molecular weight excluding hydrogens is 371 g/mol. The second-order valence-electron chi connectivity index (χ2n) is 5.53. The highest BCUT2D eigenvalue weighted by atomic mass is 19.4. The van der Waals surface area contributed by atoms with Gasteiger partial charge in [0.05, 0.1) is 5.69 Å². The van der Waals surface area contributed by atoms with Gasteiger partial charge in [-0.2, -0.15) is 9.67 Å². The van der Waals surface area contributed by atoms with E-state index in [4.69, 9.17) is 0 Å². The number of anilines is 1. The number of alkyl halides is 3. The topological polar surface area (TPSA) is 52.0 Å². The molecule has 10 heteroatoms. The molecule has 0 aliphatic carbocycles. The number of aromatic nitrogens is 3. The highest BCUT2D eigenvalue weighted by Crippen LogP contribution is 2.27. The first-order chi connectivity index (χ1) is 12.7. The number of hydrogen-bond acceptors (Lipinski definition) is 4. The van der Waals surface area contributed by atoms with Gasteiger partial charge >= 0.3 is 6.36 Å². The van der Waals surface area contributed by atoms with Crippen LogP contribution >= 0.6 is 0 Å². The minimum Gasteiger partial charge on any atom is -0.406 e. The Morgan fingerprint density at radius 1 is 1.04 bits per heavy atom. The molecular formula is C17H13F5N4O. The van der Waals surface area contributed by atoms with Crippen LogP contribution in [0, 0.1) is 18.6 Å². The summed E-state index contributed by atoms with van der Waals surface area (Å²) in [5.74, 6) is -1.58. The third-order valence-corrected chi connectivity index (χ3v) is 3.68. The van der Waals surface area contributed by atoms with Gasteiger partial charge in [0.15, 0.2) is 5.82 Å². The molecule has 5 nitrogen and oxygen atoms in total. The van der Waals surface area contributed by atoms with Gasteiger partial charge < -0.3 is 10.1 Å². The van der Waals surface area contributed by atoms with Crippen LogP contribution in [-0.4, -0.2) is 28.2 Å². The van der Waals surface area contributed by atoms with Crippen LogP contribution in [0.4, 0.5) is 27.9 Å². The molecule has 0 radical (unpaired) electrons. The van der Waals surface area contributed by atoms with E-state index in [1.54, 1.807) is 7.05 Å². The van der Waals surface area contributed by atoms with Crippen LogP contribution in [-0.2, 0) is 0 Å². The fourth-order valence-electron chi connectivity index (χ4n) is 2.34. The molecule has 1 heterocycles. The van der Waals surface area contributed by atoms with Crippen LogP contribution in [0.3, 0.4) is 0 Å². The summed E-state index contributed by atoms with van der Waals surface area (Å²) in [5.41, 5.74) is 0.385. The first-order valence-corrected chi connectivity index (χ1v) is 7.65. The van der Waals surface area contributed by atoms with Crippen molar-refractivity contribution in [2.24, 2.45) is 0 Å². The van der Waals surface area contributed by atoms with Crippen LogP contribution in [0.2, 0.25) is 0 Å². The van der Waals surface area contributed by atoms with E-state index in [-0.39, 0.29) is 28.6 Å². The summed E-state index contributed by atoms with van der Waals surface area (Å²) in [6, 6.07) is 7.15. The number of rotatable bonds is 4. The molecule has 0 saturated heterocycles. The summed E-state index contributed by atoms with van der Waals surface area (Å²) >= 11 is 0. The summed E-state index contributed by atoms with van der Waals surface area (Å²) in [4.78, 5) is 4.17. The molecule has 3 aromatic rings. The number of halogens is 5. The Balaban J connectivity index is 1.98. The van der Waals surface area contributed by atoms with Crippen LogP contribution < -0.4 is 10.1 Å². The van der Waals surface area contributed by atoms with Gasteiger partial charge in [-0.1, -0.05) is 0 Å². The molecule has 0 spiro atoms. The predicted octanol–water partition coefficient (Wildman–Crippen LogP) is 4.46. The van der Waals surface area contributed by atoms with Crippen molar-refractivity contribution in [2.45, 2.75) is 13.3 Å². The maximum Gasteiger partial charge on any atom is 0.573 e. The summed E-state index contributed by atoms with van der Waals surface area (Å²) in [7, 11) is 1.56. The van der Waals surface area contributed by atoms with Crippen molar-refractivity contribution in [2.75, 3.05) is 12.4 Å². The predicted molar refractivity (Wildman–Crippen MR) is 87.7 cm³/mol. The quantitative estimate of drug-likeness (QED) is 0.675. The smallest absolute Gasteiger partial charge is 0.406 e. The monoisotopic (exact) mass is 384 g/mol. The van der Waals surface area contributed by atoms with Crippen molar-refractivity contribution < 1.29 is 26.7 Å². The van der Waals surface area contributed by atoms with Crippen LogP contribution in [0.5, 0.6) is 5.75 Å². The normalized spacial score (nSPS) is 11.5. The second-order valence-corrected chi connectivity index (χ2v) is 5.53. The standard InChI is InChI=1S/C17H13F5N4O/c1-9-13(18)7-10(8-14(9)19)15-24-16(23-2)26(25-15)11-3-5-12(6-4-11)27-17(20,21)22/h3-8H,1-2H3,(H,23,24,25). The van der Waals surface area contributed by atoms with E-state index >= 15 is 0 Å². The van der Waals surface area contributed by atoms with Crippen LogP contribution in [0.15, 0.2) is 36.4 Å². The summed E-state index contributed by atoms with van der Waals surface area (Å²) in [6.45, 7) is 1.31. The number of benzene rings is 2. The van der Waals surface area contributed by atoms with E-state index in [0.717, 1.165) is 24.3 Å². The molecule has 0 aliphatic heterocycles. The molecule has 0 aliphatic rings. The number of nitrogens with one attached hydrogen (secondary N) is 1. The first-order valence-electron chi connectivity index (χ1n) is 7.65. The largest absolute Gasteiger partial charge is 0.573 e. The van der Waals surface area contributed by atoms with Crippen molar-refractivity contribution in [3.63, 3.8) is 0 Å². The highest BCUT2D eigenvalue weighted by molar-refractivity contribution is 5.59. The zero-order valence-electron chi connectivity index (χ0n) is 14.1. The van der Waals surface area contributed by atoms with Gasteiger partial charge in [0.2, 0.25) is 5.95 Å². The van der Waals surface area contributed by atoms with Gasteiger partial charge in [-0.25, -0.2) is 8.78 Å². The molecule has 1 aromatic heterocycles. The molecule has 3 rings (SSSR count). The van der Waals surface area contributed by atoms with E-state index in [1.807, 2.05) is 0 Å². The van der Waals surface area contributed by atoms with Gasteiger partial charge in [0, 0.05) is 18.2 Å². The fraction of sp³-hybridized carbons (Fsp3) is 0.176. The van der Waals surface area contributed by atoms with E-state index in [1.165, 1.54) is 23.7 Å². The Labute approximate surface area is 150 Å². The number of ether oxygens (including phenoxy) is 1. The lowest BCUT2D eigenvalue weighted by molar-refractivity contribution is -0.274. The summed E-state index contributed by atoms with van der Waals surface area (Å²) in [6.07, 6.45) is -4.79. The Morgan fingerprint density at radius 2 is 1.63 bits per heavy atom. The zero-order chi connectivity index (χ0) is 19.8. The van der Waals surface area contributed by atoms with Crippen LogP contribution in [0.25, 0.3) is 17.1 Å². The van der Waals surface area contributed by atoms with E-state index in [9.17, 15) is 22.0 Å². The molecule has 27 heavy (non-hydrogen) atoms. The SMILES string of the molecule is CNc1nc(-c2cc(F)c(C)c(F)c2)nn1-c1ccc(OC(F)(F)F)cc1. The molecule has 142 valence electrons. The fourth-order valence-corrected chi connectivity index (χ4v) is 2.34. The summed E-state index contributed by atoms with van der Waals surface area (Å²) in [5, 5.41) is 6.95. The molecule has 0 atom stereocenters. The maximum absolute atomic E-state index is 13.8. The third kappa shape index (κ3) is 3.99. The zero-order valence-corrected chi connectivity index (χ0v) is 14.1. The molecule has 2 aromatic carbocycles. The minimum absolute atomic E-state index is 0.0489. The van der Waals surface area contributed by atoms with Crippen molar-refractivity contribution in [3.8, 4) is 22.8 Å². The second kappa shape index (κ2) is 6.86. The van der Waals surface area contributed by atoms with Gasteiger partial charge in [-0.05, 0) is 43.3 Å². The van der Waals surface area contributed by atoms with E-state index in [2.05, 4.69) is 20.1 Å². The Hall–Kier alpha value is -3.17. The Morgan fingerprint density at radius 3 is 2.15 bits per heavy atom. The lowest BCUT2D eigenvalue weighted by Crippen LogP contribution is -2.17. The van der Waals surface area contributed by atoms with Gasteiger partial charge in [-0.3, -0.25) is 0 Å². The van der Waals surface area contributed by atoms with E-state index in [0.29, 0.717) is 5.69 Å². The third-order valence-electron chi connectivity index (χ3n) is 3.68. The van der Waals surface area contributed by atoms with Crippen molar-refractivity contribution >= 4 is 5.95 Å². The first kappa shape index (κ1) is 18.6. The highest BCUT2D eigenvalue weighted by Gasteiger charge is 2.31. The number of nitrogens with zero attached hydrogens (tertiary/aromatic N) is 3. The van der Waals surface area contributed by atoms with Gasteiger partial charge in [0.25, 0.3) is 0 Å². The molecule has 0 amide bonds. The average molecular weight is 384 g/mol. The average Bonchev–Trinajstić information content (AvgIpc) is 3.03. The van der Waals surface area contributed by atoms with Gasteiger partial charge in [0.1, 0.15) is 17.4 Å². The molecule has 0 bridgehead atoms. The molecule has 1 N–H and O–H groups in total. The van der Waals surface area contributed by atoms with E-state index < -0.39 is 18.0 Å². The van der Waals surface area contributed by atoms with Gasteiger partial charge in [-0.15, -0.1) is 18.3 Å². The Kier molecular flexibility index (Phi) is 4.73. The lowest BCUT2D eigenvalue weighted by atomic mass is 10.1. The lowest BCUT2D eigenvalue weighted by Gasteiger charge is -2.10. The van der Waals surface area contributed by atoms with Crippen molar-refractivity contribution in [3.05, 3.63) is 53.6 Å². The maximum atomic E-state index is 13.8. The molecule has 0 unspecified atom stereocenters. The molecule has 0 saturated carbocycles. The minimum atomic E-state index is -4.79. The van der Waals surface area contributed by atoms with Crippen molar-refractivity contribution in [1.82, 2.24) is 14.8 Å². The number of hydrogen-bond donors (Lipinski definition) is 1. The van der Waals surface area contributed by atoms with Crippen molar-refractivity contribution in [1.29, 1.82) is 0 Å². The Bertz CT molecular complexity index is 943. The summed E-state index contributed by atoms with van der Waals surface area (Å²) < 4.78 is 69.4. The molecule has 0 fully saturated rings. The van der Waals surface area contributed by atoms with Crippen LogP contribution in [0.1, 0.15) is 5.56 Å².